The van der Waals surface area contributed by atoms with Gasteiger partial charge in [-0.25, -0.2) is 4.79 Å². The molecular weight excluding hydrogens is 535 g/mol. The summed E-state index contributed by atoms with van der Waals surface area (Å²) in [5, 5.41) is 11.3. The molecule has 0 spiro atoms. The SMILES string of the molecule is COc1cc2c3oc(=O)c(Sc4ccc(C(F)(F)F)cc4)c(O)c3c(=O)n(Cc3ccccc3)c2cc1OC. The number of aromatic nitrogens is 1. The van der Waals surface area contributed by atoms with Gasteiger partial charge in [0, 0.05) is 16.3 Å². The molecule has 39 heavy (non-hydrogen) atoms. The lowest BCUT2D eigenvalue weighted by Gasteiger charge is -2.16. The molecule has 0 aliphatic carbocycles. The van der Waals surface area contributed by atoms with E-state index in [2.05, 4.69) is 0 Å². The molecule has 0 saturated carbocycles. The maximum Gasteiger partial charge on any atom is 0.416 e. The normalized spacial score (nSPS) is 11.7. The monoisotopic (exact) mass is 555 g/mol. The Labute approximate surface area is 223 Å². The van der Waals surface area contributed by atoms with Gasteiger partial charge < -0.3 is 23.6 Å². The third-order valence-electron chi connectivity index (χ3n) is 6.14. The highest BCUT2D eigenvalue weighted by Gasteiger charge is 2.30. The number of aromatic hydroxyl groups is 1. The topological polar surface area (TPSA) is 90.9 Å². The zero-order chi connectivity index (χ0) is 27.9. The van der Waals surface area contributed by atoms with Gasteiger partial charge >= 0.3 is 11.8 Å². The molecule has 0 saturated heterocycles. The van der Waals surface area contributed by atoms with Crippen molar-refractivity contribution in [1.29, 1.82) is 0 Å². The number of methoxy groups -OCH3 is 2. The molecule has 0 aliphatic heterocycles. The van der Waals surface area contributed by atoms with E-state index in [9.17, 15) is 27.9 Å². The van der Waals surface area contributed by atoms with Gasteiger partial charge in [-0.1, -0.05) is 42.1 Å². The molecular formula is C28H20F3NO6S. The van der Waals surface area contributed by atoms with Crippen LogP contribution in [0, 0.1) is 0 Å². The lowest BCUT2D eigenvalue weighted by atomic mass is 10.1. The number of rotatable bonds is 6. The van der Waals surface area contributed by atoms with Gasteiger partial charge in [-0.2, -0.15) is 13.2 Å². The van der Waals surface area contributed by atoms with E-state index in [1.165, 1.54) is 30.9 Å². The van der Waals surface area contributed by atoms with Crippen LogP contribution in [0.4, 0.5) is 13.2 Å². The Morgan fingerprint density at radius 1 is 0.949 bits per heavy atom. The van der Waals surface area contributed by atoms with Crippen molar-refractivity contribution in [3.8, 4) is 17.2 Å². The summed E-state index contributed by atoms with van der Waals surface area (Å²) in [6.07, 6.45) is -4.53. The molecule has 0 atom stereocenters. The first-order valence-electron chi connectivity index (χ1n) is 11.5. The van der Waals surface area contributed by atoms with Gasteiger partial charge in [0.1, 0.15) is 10.3 Å². The van der Waals surface area contributed by atoms with E-state index in [-0.39, 0.29) is 27.3 Å². The number of hydrogen-bond donors (Lipinski definition) is 1. The van der Waals surface area contributed by atoms with Crippen molar-refractivity contribution >= 4 is 33.6 Å². The van der Waals surface area contributed by atoms with E-state index in [0.717, 1.165) is 17.7 Å². The van der Waals surface area contributed by atoms with Crippen molar-refractivity contribution in [3.63, 3.8) is 0 Å². The molecule has 2 aromatic heterocycles. The lowest BCUT2D eigenvalue weighted by molar-refractivity contribution is -0.137. The number of fused-ring (bicyclic) bond motifs is 3. The fourth-order valence-corrected chi connectivity index (χ4v) is 5.09. The first-order chi connectivity index (χ1) is 18.6. The molecule has 11 heteroatoms. The Morgan fingerprint density at radius 2 is 1.59 bits per heavy atom. The van der Waals surface area contributed by atoms with E-state index in [1.54, 1.807) is 12.1 Å². The van der Waals surface area contributed by atoms with Gasteiger partial charge in [0.2, 0.25) is 0 Å². The van der Waals surface area contributed by atoms with Crippen molar-refractivity contribution in [3.05, 3.63) is 98.6 Å². The van der Waals surface area contributed by atoms with Crippen LogP contribution in [0.1, 0.15) is 11.1 Å². The van der Waals surface area contributed by atoms with Gasteiger partial charge in [-0.05, 0) is 35.9 Å². The Kier molecular flexibility index (Phi) is 6.77. The fourth-order valence-electron chi connectivity index (χ4n) is 4.26. The first kappa shape index (κ1) is 26.2. The molecule has 200 valence electrons. The minimum Gasteiger partial charge on any atom is -0.505 e. The molecule has 0 unspecified atom stereocenters. The summed E-state index contributed by atoms with van der Waals surface area (Å²) >= 11 is 0.696. The van der Waals surface area contributed by atoms with Crippen molar-refractivity contribution < 1.29 is 32.2 Å². The van der Waals surface area contributed by atoms with E-state index < -0.39 is 28.7 Å². The first-order valence-corrected chi connectivity index (χ1v) is 12.3. The number of benzene rings is 3. The van der Waals surface area contributed by atoms with E-state index in [0.29, 0.717) is 34.2 Å². The highest BCUT2D eigenvalue weighted by molar-refractivity contribution is 7.99. The van der Waals surface area contributed by atoms with Crippen LogP contribution in [0.5, 0.6) is 17.2 Å². The molecule has 0 radical (unpaired) electrons. The predicted octanol–water partition coefficient (Wildman–Crippen LogP) is 6.05. The van der Waals surface area contributed by atoms with Crippen LogP contribution in [0.25, 0.3) is 21.9 Å². The van der Waals surface area contributed by atoms with Crippen LogP contribution in [0.15, 0.2) is 90.5 Å². The Hall–Kier alpha value is -4.38. The predicted molar refractivity (Wildman–Crippen MR) is 140 cm³/mol. The Balaban J connectivity index is 1.76. The second kappa shape index (κ2) is 10.1. The summed E-state index contributed by atoms with van der Waals surface area (Å²) in [5.41, 5.74) is -1.43. The van der Waals surface area contributed by atoms with Crippen LogP contribution in [0.3, 0.4) is 0 Å². The number of alkyl halides is 3. The maximum atomic E-state index is 13.8. The number of ether oxygens (including phenoxy) is 2. The minimum absolute atomic E-state index is 0.127. The van der Waals surface area contributed by atoms with Gasteiger partial charge in [-0.3, -0.25) is 4.79 Å². The van der Waals surface area contributed by atoms with Crippen molar-refractivity contribution in [2.45, 2.75) is 22.5 Å². The lowest BCUT2D eigenvalue weighted by Crippen LogP contribution is -2.23. The van der Waals surface area contributed by atoms with Crippen LogP contribution in [-0.2, 0) is 12.7 Å². The largest absolute Gasteiger partial charge is 0.505 e. The van der Waals surface area contributed by atoms with Crippen LogP contribution < -0.4 is 20.7 Å². The molecule has 0 amide bonds. The van der Waals surface area contributed by atoms with Crippen LogP contribution in [-0.4, -0.2) is 23.9 Å². The average molecular weight is 556 g/mol. The number of nitrogens with zero attached hydrogens (tertiary/aromatic N) is 1. The molecule has 5 aromatic rings. The highest BCUT2D eigenvalue weighted by atomic mass is 32.2. The maximum absolute atomic E-state index is 13.8. The zero-order valence-corrected chi connectivity index (χ0v) is 21.4. The second-order valence-corrected chi connectivity index (χ2v) is 9.58. The molecule has 5 rings (SSSR count). The van der Waals surface area contributed by atoms with Gasteiger partial charge in [0.15, 0.2) is 22.8 Å². The van der Waals surface area contributed by atoms with E-state index >= 15 is 0 Å². The Morgan fingerprint density at radius 3 is 2.21 bits per heavy atom. The molecule has 7 nitrogen and oxygen atoms in total. The smallest absolute Gasteiger partial charge is 0.416 e. The highest BCUT2D eigenvalue weighted by Crippen LogP contribution is 2.40. The quantitative estimate of drug-likeness (QED) is 0.255. The second-order valence-electron chi connectivity index (χ2n) is 8.50. The molecule has 2 heterocycles. The van der Waals surface area contributed by atoms with Crippen LogP contribution in [0.2, 0.25) is 0 Å². The van der Waals surface area contributed by atoms with E-state index in [1.807, 2.05) is 30.3 Å². The number of hydrogen-bond acceptors (Lipinski definition) is 7. The average Bonchev–Trinajstić information content (AvgIpc) is 2.92. The summed E-state index contributed by atoms with van der Waals surface area (Å²) in [4.78, 5) is 26.7. The molecule has 1 N–H and O–H groups in total. The van der Waals surface area contributed by atoms with Crippen LogP contribution >= 0.6 is 11.8 Å². The summed E-state index contributed by atoms with van der Waals surface area (Å²) in [7, 11) is 2.87. The minimum atomic E-state index is -4.53. The molecule has 0 bridgehead atoms. The number of halogens is 3. The molecule has 0 fully saturated rings. The van der Waals surface area contributed by atoms with E-state index in [4.69, 9.17) is 13.9 Å². The standard InChI is InChI=1S/C28H20F3NO6S/c1-36-20-12-18-19(13-21(20)37-2)32(14-15-6-4-3-5-7-15)26(34)22-23(33)25(27(35)38-24(18)22)39-17-10-8-16(9-11-17)28(29,30)31/h3-13,33H,14H2,1-2H3. The third kappa shape index (κ3) is 4.81. The summed E-state index contributed by atoms with van der Waals surface area (Å²) in [5.74, 6) is 0.0165. The number of pyridine rings is 1. The van der Waals surface area contributed by atoms with Gasteiger partial charge in [0.05, 0.1) is 31.8 Å². The third-order valence-corrected chi connectivity index (χ3v) is 7.21. The molecule has 0 aliphatic rings. The zero-order valence-electron chi connectivity index (χ0n) is 20.5. The van der Waals surface area contributed by atoms with Crippen molar-refractivity contribution in [2.75, 3.05) is 14.2 Å². The fraction of sp³-hybridized carbons (Fsp3) is 0.143. The summed E-state index contributed by atoms with van der Waals surface area (Å²) < 4.78 is 56.6. The van der Waals surface area contributed by atoms with Crippen molar-refractivity contribution in [2.24, 2.45) is 0 Å². The van der Waals surface area contributed by atoms with Crippen molar-refractivity contribution in [1.82, 2.24) is 4.57 Å². The summed E-state index contributed by atoms with van der Waals surface area (Å²) in [6.45, 7) is 0.127. The Bertz CT molecular complexity index is 1810. The van der Waals surface area contributed by atoms with Gasteiger partial charge in [-0.15, -0.1) is 0 Å². The summed E-state index contributed by atoms with van der Waals surface area (Å²) in [6, 6.07) is 16.3. The van der Waals surface area contributed by atoms with Gasteiger partial charge in [0.25, 0.3) is 5.56 Å². The molecule has 3 aromatic carbocycles.